The minimum absolute atomic E-state index is 0.156. The second-order valence-electron chi connectivity index (χ2n) is 6.36. The van der Waals surface area contributed by atoms with Gasteiger partial charge in [0.15, 0.2) is 0 Å². The first-order valence-electron chi connectivity index (χ1n) is 6.89. The predicted octanol–water partition coefficient (Wildman–Crippen LogP) is 4.28. The van der Waals surface area contributed by atoms with Gasteiger partial charge in [0.1, 0.15) is 0 Å². The first-order chi connectivity index (χ1) is 8.87. The zero-order valence-electron chi connectivity index (χ0n) is 11.9. The molecule has 1 fully saturated rings. The summed E-state index contributed by atoms with van der Waals surface area (Å²) in [7, 11) is 0. The Kier molecular flexibility index (Phi) is 3.78. The van der Waals surface area contributed by atoms with E-state index in [-0.39, 0.29) is 10.6 Å². The zero-order chi connectivity index (χ0) is 14.0. The lowest BCUT2D eigenvalue weighted by Gasteiger charge is -2.36. The topological polar surface area (TPSA) is 55.2 Å². The number of anilines is 1. The minimum atomic E-state index is -0.338. The Morgan fingerprint density at radius 1 is 1.42 bits per heavy atom. The van der Waals surface area contributed by atoms with E-state index in [2.05, 4.69) is 19.2 Å². The van der Waals surface area contributed by atoms with Gasteiger partial charge < -0.3 is 5.32 Å². The summed E-state index contributed by atoms with van der Waals surface area (Å²) in [6.07, 6.45) is 4.75. The Morgan fingerprint density at radius 2 is 2.16 bits per heavy atom. The van der Waals surface area contributed by atoms with Crippen LogP contribution in [0.25, 0.3) is 0 Å². The van der Waals surface area contributed by atoms with E-state index in [1.807, 2.05) is 13.0 Å². The van der Waals surface area contributed by atoms with Crippen LogP contribution in [0.3, 0.4) is 0 Å². The highest BCUT2D eigenvalue weighted by atomic mass is 16.6. The highest BCUT2D eigenvalue weighted by Crippen LogP contribution is 2.37. The Balaban J connectivity index is 2.14. The maximum absolute atomic E-state index is 10.8. The van der Waals surface area contributed by atoms with Crippen LogP contribution < -0.4 is 5.32 Å². The average molecular weight is 262 g/mol. The van der Waals surface area contributed by atoms with Gasteiger partial charge in [0.2, 0.25) is 0 Å². The van der Waals surface area contributed by atoms with Crippen LogP contribution in [0.5, 0.6) is 0 Å². The molecule has 0 amide bonds. The van der Waals surface area contributed by atoms with Crippen molar-refractivity contribution < 1.29 is 4.92 Å². The highest BCUT2D eigenvalue weighted by molar-refractivity contribution is 5.57. The molecule has 4 nitrogen and oxygen atoms in total. The van der Waals surface area contributed by atoms with Gasteiger partial charge in [-0.15, -0.1) is 0 Å². The first kappa shape index (κ1) is 13.8. The molecule has 2 rings (SSSR count). The Labute approximate surface area is 114 Å². The Hall–Kier alpha value is -1.58. The van der Waals surface area contributed by atoms with Gasteiger partial charge in [0.25, 0.3) is 5.69 Å². The van der Waals surface area contributed by atoms with Crippen molar-refractivity contribution in [1.82, 2.24) is 0 Å². The molecule has 1 aromatic carbocycles. The molecule has 1 N–H and O–H groups in total. The molecule has 1 aromatic rings. The van der Waals surface area contributed by atoms with E-state index >= 15 is 0 Å². The van der Waals surface area contributed by atoms with Crippen LogP contribution in [0.2, 0.25) is 0 Å². The van der Waals surface area contributed by atoms with E-state index in [0.29, 0.717) is 11.5 Å². The molecule has 1 unspecified atom stereocenters. The molecular formula is C15H22N2O2. The van der Waals surface area contributed by atoms with E-state index in [1.165, 1.54) is 12.8 Å². The van der Waals surface area contributed by atoms with E-state index in [9.17, 15) is 10.1 Å². The van der Waals surface area contributed by atoms with E-state index in [4.69, 9.17) is 0 Å². The normalized spacial score (nSPS) is 21.9. The summed E-state index contributed by atoms with van der Waals surface area (Å²) >= 11 is 0. The van der Waals surface area contributed by atoms with Crippen LogP contribution in [0, 0.1) is 22.5 Å². The summed E-state index contributed by atoms with van der Waals surface area (Å²) < 4.78 is 0. The lowest BCUT2D eigenvalue weighted by atomic mass is 9.75. The number of nitro benzene ring substituents is 1. The Morgan fingerprint density at radius 3 is 2.79 bits per heavy atom. The van der Waals surface area contributed by atoms with Gasteiger partial charge in [0.05, 0.1) is 4.92 Å². The molecule has 0 saturated heterocycles. The largest absolute Gasteiger partial charge is 0.382 e. The average Bonchev–Trinajstić information content (AvgIpc) is 2.30. The molecule has 0 aliphatic heterocycles. The smallest absolute Gasteiger partial charge is 0.271 e. The summed E-state index contributed by atoms with van der Waals surface area (Å²) in [5.74, 6) is 0. The third-order valence-electron chi connectivity index (χ3n) is 4.00. The number of nitrogens with one attached hydrogen (secondary N) is 1. The maximum Gasteiger partial charge on any atom is 0.271 e. The van der Waals surface area contributed by atoms with Crippen molar-refractivity contribution in [2.75, 3.05) is 5.32 Å². The second-order valence-corrected chi connectivity index (χ2v) is 6.36. The molecule has 1 atom stereocenters. The molecule has 1 aliphatic carbocycles. The standard InChI is InChI=1S/C15H22N2O2/c1-11-6-7-13(17(18)19)9-14(11)16-12-5-4-8-15(2,3)10-12/h6-7,9,12,16H,4-5,8,10H2,1-3H3. The number of hydrogen-bond donors (Lipinski definition) is 1. The van der Waals surface area contributed by atoms with Crippen molar-refractivity contribution in [3.63, 3.8) is 0 Å². The molecule has 19 heavy (non-hydrogen) atoms. The molecule has 0 radical (unpaired) electrons. The van der Waals surface area contributed by atoms with Crippen LogP contribution >= 0.6 is 0 Å². The second kappa shape index (κ2) is 5.19. The van der Waals surface area contributed by atoms with E-state index < -0.39 is 0 Å². The van der Waals surface area contributed by atoms with Crippen LogP contribution in [-0.2, 0) is 0 Å². The van der Waals surface area contributed by atoms with E-state index in [0.717, 1.165) is 24.1 Å². The monoisotopic (exact) mass is 262 g/mol. The molecule has 0 heterocycles. The fourth-order valence-corrected chi connectivity index (χ4v) is 2.92. The number of benzene rings is 1. The Bertz CT molecular complexity index is 483. The molecule has 1 aliphatic rings. The molecular weight excluding hydrogens is 240 g/mol. The third-order valence-corrected chi connectivity index (χ3v) is 4.00. The summed E-state index contributed by atoms with van der Waals surface area (Å²) in [4.78, 5) is 10.5. The van der Waals surface area contributed by atoms with Gasteiger partial charge in [-0.1, -0.05) is 26.3 Å². The number of aryl methyl sites for hydroxylation is 1. The quantitative estimate of drug-likeness (QED) is 0.653. The fourth-order valence-electron chi connectivity index (χ4n) is 2.92. The summed E-state index contributed by atoms with van der Waals surface area (Å²) in [6.45, 7) is 6.57. The van der Waals surface area contributed by atoms with Crippen molar-refractivity contribution >= 4 is 11.4 Å². The molecule has 0 aromatic heterocycles. The van der Waals surface area contributed by atoms with Crippen molar-refractivity contribution in [2.45, 2.75) is 52.5 Å². The number of non-ortho nitro benzene ring substituents is 1. The summed E-state index contributed by atoms with van der Waals surface area (Å²) in [5.41, 5.74) is 2.49. The molecule has 1 saturated carbocycles. The van der Waals surface area contributed by atoms with Gasteiger partial charge in [-0.2, -0.15) is 0 Å². The first-order valence-corrected chi connectivity index (χ1v) is 6.89. The van der Waals surface area contributed by atoms with Crippen molar-refractivity contribution in [1.29, 1.82) is 0 Å². The lowest BCUT2D eigenvalue weighted by Crippen LogP contribution is -2.31. The third kappa shape index (κ3) is 3.46. The number of rotatable bonds is 3. The van der Waals surface area contributed by atoms with Crippen molar-refractivity contribution in [3.8, 4) is 0 Å². The SMILES string of the molecule is Cc1ccc([N+](=O)[O-])cc1NC1CCCC(C)(C)C1. The summed E-state index contributed by atoms with van der Waals surface area (Å²) in [5, 5.41) is 14.3. The minimum Gasteiger partial charge on any atom is -0.382 e. The lowest BCUT2D eigenvalue weighted by molar-refractivity contribution is -0.384. The van der Waals surface area contributed by atoms with Gasteiger partial charge in [0, 0.05) is 23.9 Å². The van der Waals surface area contributed by atoms with Gasteiger partial charge >= 0.3 is 0 Å². The van der Waals surface area contributed by atoms with Crippen molar-refractivity contribution in [2.24, 2.45) is 5.41 Å². The molecule has 4 heteroatoms. The van der Waals surface area contributed by atoms with Crippen LogP contribution in [0.15, 0.2) is 18.2 Å². The number of nitrogens with zero attached hydrogens (tertiary/aromatic N) is 1. The van der Waals surface area contributed by atoms with Crippen LogP contribution in [-0.4, -0.2) is 11.0 Å². The zero-order valence-corrected chi connectivity index (χ0v) is 11.9. The van der Waals surface area contributed by atoms with E-state index in [1.54, 1.807) is 12.1 Å². The molecule has 104 valence electrons. The number of hydrogen-bond acceptors (Lipinski definition) is 3. The van der Waals surface area contributed by atoms with Gasteiger partial charge in [-0.05, 0) is 37.2 Å². The summed E-state index contributed by atoms with van der Waals surface area (Å²) in [6, 6.07) is 5.45. The highest BCUT2D eigenvalue weighted by Gasteiger charge is 2.28. The van der Waals surface area contributed by atoms with Gasteiger partial charge in [-0.3, -0.25) is 10.1 Å². The van der Waals surface area contributed by atoms with Crippen LogP contribution in [0.4, 0.5) is 11.4 Å². The van der Waals surface area contributed by atoms with Gasteiger partial charge in [-0.25, -0.2) is 0 Å². The molecule has 0 spiro atoms. The fraction of sp³-hybridized carbons (Fsp3) is 0.600. The predicted molar refractivity (Wildman–Crippen MR) is 77.5 cm³/mol. The van der Waals surface area contributed by atoms with Crippen LogP contribution in [0.1, 0.15) is 45.1 Å². The van der Waals surface area contributed by atoms with Crippen molar-refractivity contribution in [3.05, 3.63) is 33.9 Å². The number of nitro groups is 1. The maximum atomic E-state index is 10.8. The molecule has 0 bridgehead atoms.